The zero-order valence-corrected chi connectivity index (χ0v) is 14.1. The lowest BCUT2D eigenvalue weighted by atomic mass is 9.93. The number of amides is 2. The van der Waals surface area contributed by atoms with Crippen LogP contribution in [0.1, 0.15) is 35.4 Å². The first-order valence-corrected chi connectivity index (χ1v) is 8.96. The number of nitrogens with one attached hydrogen (secondary N) is 2. The monoisotopic (exact) mass is 344 g/mol. The highest BCUT2D eigenvalue weighted by Crippen LogP contribution is 2.22. The van der Waals surface area contributed by atoms with Crippen LogP contribution in [0.25, 0.3) is 0 Å². The zero-order valence-electron chi connectivity index (χ0n) is 13.2. The molecule has 3 rings (SSSR count). The third-order valence-corrected chi connectivity index (χ3v) is 4.87. The van der Waals surface area contributed by atoms with Gasteiger partial charge in [0.15, 0.2) is 0 Å². The van der Waals surface area contributed by atoms with E-state index in [1.54, 1.807) is 0 Å². The third kappa shape index (κ3) is 4.58. The van der Waals surface area contributed by atoms with Gasteiger partial charge in [-0.25, -0.2) is 4.79 Å². The van der Waals surface area contributed by atoms with E-state index < -0.39 is 6.09 Å². The van der Waals surface area contributed by atoms with Crippen molar-refractivity contribution in [3.05, 3.63) is 52.7 Å². The Morgan fingerprint density at radius 3 is 2.67 bits per heavy atom. The van der Waals surface area contributed by atoms with Gasteiger partial charge in [0.05, 0.1) is 4.88 Å². The molecule has 1 aliphatic carbocycles. The van der Waals surface area contributed by atoms with Crippen molar-refractivity contribution in [2.45, 2.75) is 37.8 Å². The Hall–Kier alpha value is -2.34. The van der Waals surface area contributed by atoms with Gasteiger partial charge in [0, 0.05) is 18.2 Å². The van der Waals surface area contributed by atoms with E-state index in [-0.39, 0.29) is 18.1 Å². The van der Waals surface area contributed by atoms with Gasteiger partial charge in [-0.1, -0.05) is 24.3 Å². The smallest absolute Gasteiger partial charge is 0.411 e. The first-order valence-electron chi connectivity index (χ1n) is 8.08. The lowest BCUT2D eigenvalue weighted by molar-refractivity contribution is 0.0714. The lowest BCUT2D eigenvalue weighted by Gasteiger charge is -2.29. The zero-order chi connectivity index (χ0) is 16.8. The summed E-state index contributed by atoms with van der Waals surface area (Å²) in [4.78, 5) is 24.8. The van der Waals surface area contributed by atoms with Gasteiger partial charge in [0.1, 0.15) is 6.10 Å². The molecule has 126 valence electrons. The van der Waals surface area contributed by atoms with Gasteiger partial charge >= 0.3 is 6.09 Å². The first-order chi connectivity index (χ1) is 11.7. The molecule has 1 heterocycles. The van der Waals surface area contributed by atoms with E-state index in [1.165, 1.54) is 11.3 Å². The molecule has 2 N–H and O–H groups in total. The number of para-hydroxylation sites is 1. The van der Waals surface area contributed by atoms with Gasteiger partial charge in [-0.2, -0.15) is 0 Å². The molecule has 1 saturated carbocycles. The van der Waals surface area contributed by atoms with E-state index in [4.69, 9.17) is 4.74 Å². The van der Waals surface area contributed by atoms with Crippen molar-refractivity contribution in [1.29, 1.82) is 0 Å². The van der Waals surface area contributed by atoms with Crippen LogP contribution >= 0.6 is 11.3 Å². The van der Waals surface area contributed by atoms with E-state index in [2.05, 4.69) is 10.6 Å². The number of hydrogen-bond acceptors (Lipinski definition) is 4. The summed E-state index contributed by atoms with van der Waals surface area (Å²) in [6, 6.07) is 12.9. The molecule has 24 heavy (non-hydrogen) atoms. The summed E-state index contributed by atoms with van der Waals surface area (Å²) in [7, 11) is 0. The molecule has 2 amide bonds. The molecular formula is C18H20N2O3S. The first kappa shape index (κ1) is 16.5. The standard InChI is InChI=1S/C18H20N2O3S/c21-17(16-10-5-11-24-16)19-14-8-4-9-15(12-14)23-18(22)20-13-6-2-1-3-7-13/h1-3,5-7,10-11,14-15H,4,8-9,12H2,(H,19,21)(H,20,22)/t14-,15-/m1/s1. The molecule has 0 bridgehead atoms. The Morgan fingerprint density at radius 2 is 1.92 bits per heavy atom. The summed E-state index contributed by atoms with van der Waals surface area (Å²) in [5.74, 6) is -0.0515. The number of ether oxygens (including phenoxy) is 1. The van der Waals surface area contributed by atoms with Crippen molar-refractivity contribution < 1.29 is 14.3 Å². The molecule has 1 aromatic carbocycles. The fraction of sp³-hybridized carbons (Fsp3) is 0.333. The number of carbonyl (C=O) groups is 2. The van der Waals surface area contributed by atoms with Crippen LogP contribution in [0.15, 0.2) is 47.8 Å². The number of rotatable bonds is 4. The fourth-order valence-electron chi connectivity index (χ4n) is 2.87. The molecule has 0 radical (unpaired) electrons. The second kappa shape index (κ2) is 7.97. The molecular weight excluding hydrogens is 324 g/mol. The fourth-order valence-corrected chi connectivity index (χ4v) is 3.49. The molecule has 6 heteroatoms. The van der Waals surface area contributed by atoms with E-state index in [0.717, 1.165) is 19.3 Å². The van der Waals surface area contributed by atoms with Crippen LogP contribution in [0.5, 0.6) is 0 Å². The summed E-state index contributed by atoms with van der Waals surface area (Å²) < 4.78 is 5.50. The maximum Gasteiger partial charge on any atom is 0.411 e. The van der Waals surface area contributed by atoms with Crippen LogP contribution < -0.4 is 10.6 Å². The molecule has 2 atom stereocenters. The minimum absolute atomic E-state index is 0.0443. The normalized spacial score (nSPS) is 20.2. The maximum atomic E-state index is 12.1. The summed E-state index contributed by atoms with van der Waals surface area (Å²) in [5.41, 5.74) is 0.709. The van der Waals surface area contributed by atoms with Crippen LogP contribution in [-0.2, 0) is 4.74 Å². The van der Waals surface area contributed by atoms with E-state index >= 15 is 0 Å². The highest BCUT2D eigenvalue weighted by molar-refractivity contribution is 7.12. The largest absolute Gasteiger partial charge is 0.446 e. The van der Waals surface area contributed by atoms with Crippen LogP contribution in [0.2, 0.25) is 0 Å². The van der Waals surface area contributed by atoms with E-state index in [9.17, 15) is 9.59 Å². The van der Waals surface area contributed by atoms with Crippen molar-refractivity contribution >= 4 is 29.0 Å². The van der Waals surface area contributed by atoms with Gasteiger partial charge in [-0.3, -0.25) is 10.1 Å². The summed E-state index contributed by atoms with van der Waals surface area (Å²) in [6.45, 7) is 0. The summed E-state index contributed by atoms with van der Waals surface area (Å²) in [6.07, 6.45) is 2.70. The molecule has 0 saturated heterocycles. The van der Waals surface area contributed by atoms with Crippen LogP contribution in [0, 0.1) is 0 Å². The molecule has 5 nitrogen and oxygen atoms in total. The average molecular weight is 344 g/mol. The second-order valence-electron chi connectivity index (χ2n) is 5.83. The average Bonchev–Trinajstić information content (AvgIpc) is 3.10. The third-order valence-electron chi connectivity index (χ3n) is 4.00. The predicted molar refractivity (Wildman–Crippen MR) is 94.4 cm³/mol. The Bertz CT molecular complexity index is 673. The number of thiophene rings is 1. The molecule has 1 aliphatic rings. The summed E-state index contributed by atoms with van der Waals surface area (Å²) in [5, 5.41) is 7.64. The van der Waals surface area contributed by atoms with Crippen LogP contribution in [0.4, 0.5) is 10.5 Å². The Labute approximate surface area is 145 Å². The van der Waals surface area contributed by atoms with Crippen molar-refractivity contribution in [1.82, 2.24) is 5.32 Å². The molecule has 0 aliphatic heterocycles. The van der Waals surface area contributed by atoms with Gasteiger partial charge in [0.25, 0.3) is 5.91 Å². The Morgan fingerprint density at radius 1 is 1.08 bits per heavy atom. The molecule has 1 aromatic heterocycles. The quantitative estimate of drug-likeness (QED) is 0.880. The van der Waals surface area contributed by atoms with Gasteiger partial charge in [0.2, 0.25) is 0 Å². The van der Waals surface area contributed by atoms with Crippen LogP contribution in [-0.4, -0.2) is 24.1 Å². The van der Waals surface area contributed by atoms with Gasteiger partial charge < -0.3 is 10.1 Å². The van der Waals surface area contributed by atoms with E-state index in [1.807, 2.05) is 47.8 Å². The SMILES string of the molecule is O=C(Nc1ccccc1)O[C@@H]1CCC[C@@H](NC(=O)c2cccs2)C1. The minimum Gasteiger partial charge on any atom is -0.446 e. The topological polar surface area (TPSA) is 67.4 Å². The molecule has 0 spiro atoms. The van der Waals surface area contributed by atoms with Crippen LogP contribution in [0.3, 0.4) is 0 Å². The van der Waals surface area contributed by atoms with Crippen molar-refractivity contribution in [2.24, 2.45) is 0 Å². The van der Waals surface area contributed by atoms with E-state index in [0.29, 0.717) is 17.0 Å². The van der Waals surface area contributed by atoms with Crippen molar-refractivity contribution in [3.8, 4) is 0 Å². The molecule has 0 unspecified atom stereocenters. The predicted octanol–water partition coefficient (Wildman–Crippen LogP) is 4.04. The maximum absolute atomic E-state index is 12.1. The molecule has 1 fully saturated rings. The van der Waals surface area contributed by atoms with Crippen molar-refractivity contribution in [3.63, 3.8) is 0 Å². The van der Waals surface area contributed by atoms with Crippen molar-refractivity contribution in [2.75, 3.05) is 5.32 Å². The Kier molecular flexibility index (Phi) is 5.48. The highest BCUT2D eigenvalue weighted by atomic mass is 32.1. The number of hydrogen-bond donors (Lipinski definition) is 2. The lowest BCUT2D eigenvalue weighted by Crippen LogP contribution is -2.41. The number of carbonyl (C=O) groups excluding carboxylic acids is 2. The minimum atomic E-state index is -0.448. The summed E-state index contributed by atoms with van der Waals surface area (Å²) >= 11 is 1.42. The number of benzene rings is 1. The molecule has 2 aromatic rings. The van der Waals surface area contributed by atoms with Gasteiger partial charge in [-0.05, 0) is 42.8 Å². The number of anilines is 1. The van der Waals surface area contributed by atoms with Gasteiger partial charge in [-0.15, -0.1) is 11.3 Å². The Balaban J connectivity index is 1.48. The second-order valence-corrected chi connectivity index (χ2v) is 6.78. The highest BCUT2D eigenvalue weighted by Gasteiger charge is 2.26.